The average Bonchev–Trinajstić information content (AvgIpc) is 2.20. The van der Waals surface area contributed by atoms with Crippen LogP contribution in [0.3, 0.4) is 0 Å². The van der Waals surface area contributed by atoms with Crippen molar-refractivity contribution >= 4 is 22.6 Å². The number of halogens is 1. The fourth-order valence-electron chi connectivity index (χ4n) is 1.27. The van der Waals surface area contributed by atoms with Crippen LogP contribution in [0.15, 0.2) is 36.9 Å². The van der Waals surface area contributed by atoms with Gasteiger partial charge in [-0.05, 0) is 28.7 Å². The maximum atomic E-state index is 4.27. The molecular weight excluding hydrogens is 289 g/mol. The van der Waals surface area contributed by atoms with Crippen LogP contribution in [-0.2, 0) is 7.05 Å². The van der Waals surface area contributed by atoms with Gasteiger partial charge in [-0.3, -0.25) is 0 Å². The number of aromatic nitrogens is 3. The van der Waals surface area contributed by atoms with Gasteiger partial charge in [-0.2, -0.15) is 4.57 Å². The molecule has 0 aliphatic heterocycles. The maximum absolute atomic E-state index is 4.27. The fourth-order valence-corrected chi connectivity index (χ4v) is 1.85. The summed E-state index contributed by atoms with van der Waals surface area (Å²) in [5.41, 5.74) is 2.07. The molecule has 2 aromatic rings. The normalized spacial score (nSPS) is 10.1. The molecule has 0 spiro atoms. The van der Waals surface area contributed by atoms with E-state index in [4.69, 9.17) is 0 Å². The molecule has 0 bridgehead atoms. The Morgan fingerprint density at radius 2 is 2.21 bits per heavy atom. The Morgan fingerprint density at radius 3 is 2.93 bits per heavy atom. The molecule has 0 aromatic carbocycles. The SMILES string of the molecule is C[n+]1ccccc1-c1ncncc1I. The minimum absolute atomic E-state index is 0.976. The van der Waals surface area contributed by atoms with Crippen molar-refractivity contribution in [3.05, 3.63) is 40.5 Å². The minimum atomic E-state index is 0.976. The molecule has 0 saturated heterocycles. The molecular formula is C10H9IN3+. The highest BCUT2D eigenvalue weighted by Crippen LogP contribution is 2.17. The van der Waals surface area contributed by atoms with Crippen molar-refractivity contribution in [3.63, 3.8) is 0 Å². The van der Waals surface area contributed by atoms with E-state index >= 15 is 0 Å². The lowest BCUT2D eigenvalue weighted by Gasteiger charge is -1.99. The van der Waals surface area contributed by atoms with Crippen LogP contribution in [-0.4, -0.2) is 9.97 Å². The van der Waals surface area contributed by atoms with E-state index in [1.165, 1.54) is 0 Å². The topological polar surface area (TPSA) is 29.7 Å². The third-order valence-electron chi connectivity index (χ3n) is 1.97. The van der Waals surface area contributed by atoms with Crippen molar-refractivity contribution in [2.75, 3.05) is 0 Å². The summed E-state index contributed by atoms with van der Waals surface area (Å²) in [6.07, 6.45) is 5.40. The molecule has 0 atom stereocenters. The Bertz CT molecular complexity index is 413. The average molecular weight is 298 g/mol. The predicted octanol–water partition coefficient (Wildman–Crippen LogP) is 1.57. The van der Waals surface area contributed by atoms with Crippen molar-refractivity contribution in [3.8, 4) is 11.4 Å². The van der Waals surface area contributed by atoms with Gasteiger partial charge in [0.05, 0.1) is 3.57 Å². The first-order valence-electron chi connectivity index (χ1n) is 4.19. The van der Waals surface area contributed by atoms with Crippen molar-refractivity contribution in [1.29, 1.82) is 0 Å². The molecule has 0 radical (unpaired) electrons. The zero-order chi connectivity index (χ0) is 9.97. The number of rotatable bonds is 1. The summed E-state index contributed by atoms with van der Waals surface area (Å²) >= 11 is 2.24. The van der Waals surface area contributed by atoms with Gasteiger partial charge < -0.3 is 0 Å². The Hall–Kier alpha value is -1.04. The Labute approximate surface area is 96.0 Å². The number of hydrogen-bond donors (Lipinski definition) is 0. The Balaban J connectivity index is 2.61. The molecule has 2 rings (SSSR count). The molecule has 0 fully saturated rings. The van der Waals surface area contributed by atoms with Crippen molar-refractivity contribution in [1.82, 2.24) is 9.97 Å². The largest absolute Gasteiger partial charge is 0.244 e. The first-order valence-corrected chi connectivity index (χ1v) is 5.27. The summed E-state index contributed by atoms with van der Waals surface area (Å²) in [6.45, 7) is 0. The second kappa shape index (κ2) is 4.00. The van der Waals surface area contributed by atoms with E-state index in [2.05, 4.69) is 32.6 Å². The zero-order valence-corrected chi connectivity index (χ0v) is 9.84. The highest BCUT2D eigenvalue weighted by atomic mass is 127. The molecule has 0 saturated carbocycles. The molecule has 70 valence electrons. The van der Waals surface area contributed by atoms with Gasteiger partial charge in [0.25, 0.3) is 0 Å². The highest BCUT2D eigenvalue weighted by Gasteiger charge is 2.12. The quantitative estimate of drug-likeness (QED) is 0.591. The van der Waals surface area contributed by atoms with Crippen LogP contribution in [0.25, 0.3) is 11.4 Å². The molecule has 0 unspecified atom stereocenters. The van der Waals surface area contributed by atoms with Crippen molar-refractivity contribution < 1.29 is 4.57 Å². The molecule has 0 amide bonds. The van der Waals surface area contributed by atoms with E-state index in [9.17, 15) is 0 Å². The van der Waals surface area contributed by atoms with Crippen LogP contribution in [0.4, 0.5) is 0 Å². The molecule has 0 aliphatic rings. The van der Waals surface area contributed by atoms with Gasteiger partial charge in [0.1, 0.15) is 13.4 Å². The van der Waals surface area contributed by atoms with Crippen molar-refractivity contribution in [2.45, 2.75) is 0 Å². The highest BCUT2D eigenvalue weighted by molar-refractivity contribution is 14.1. The fraction of sp³-hybridized carbons (Fsp3) is 0.100. The molecule has 0 aliphatic carbocycles. The van der Waals surface area contributed by atoms with Crippen LogP contribution >= 0.6 is 22.6 Å². The third-order valence-corrected chi connectivity index (χ3v) is 2.75. The molecule has 14 heavy (non-hydrogen) atoms. The van der Waals surface area contributed by atoms with E-state index < -0.39 is 0 Å². The van der Waals surface area contributed by atoms with E-state index in [1.807, 2.05) is 42.2 Å². The Morgan fingerprint density at radius 1 is 1.36 bits per heavy atom. The van der Waals surface area contributed by atoms with Crippen LogP contribution in [0.2, 0.25) is 0 Å². The standard InChI is InChI=1S/C10H9IN3/c1-14-5-3-2-4-9(14)10-8(11)6-12-7-13-10/h2-7H,1H3/q+1. The summed E-state index contributed by atoms with van der Waals surface area (Å²) in [7, 11) is 2.01. The van der Waals surface area contributed by atoms with Crippen LogP contribution in [0.5, 0.6) is 0 Å². The van der Waals surface area contributed by atoms with Crippen LogP contribution < -0.4 is 4.57 Å². The molecule has 2 aromatic heterocycles. The summed E-state index contributed by atoms with van der Waals surface area (Å²) in [5.74, 6) is 0. The monoisotopic (exact) mass is 298 g/mol. The van der Waals surface area contributed by atoms with Gasteiger partial charge in [-0.1, -0.05) is 0 Å². The number of nitrogens with zero attached hydrogens (tertiary/aromatic N) is 3. The van der Waals surface area contributed by atoms with E-state index in [1.54, 1.807) is 6.33 Å². The molecule has 4 heteroatoms. The van der Waals surface area contributed by atoms with E-state index in [-0.39, 0.29) is 0 Å². The second-order valence-corrected chi connectivity index (χ2v) is 4.08. The lowest BCUT2D eigenvalue weighted by atomic mass is 10.2. The van der Waals surface area contributed by atoms with Gasteiger partial charge >= 0.3 is 0 Å². The summed E-state index contributed by atoms with van der Waals surface area (Å²) in [5, 5.41) is 0. The van der Waals surface area contributed by atoms with Gasteiger partial charge in [0.2, 0.25) is 5.69 Å². The lowest BCUT2D eigenvalue weighted by molar-refractivity contribution is -0.660. The second-order valence-electron chi connectivity index (χ2n) is 2.92. The van der Waals surface area contributed by atoms with E-state index in [0.29, 0.717) is 0 Å². The number of hydrogen-bond acceptors (Lipinski definition) is 2. The summed E-state index contributed by atoms with van der Waals surface area (Å²) in [6, 6.07) is 6.05. The first-order chi connectivity index (χ1) is 6.79. The third kappa shape index (κ3) is 1.75. The number of aryl methyl sites for hydroxylation is 1. The lowest BCUT2D eigenvalue weighted by Crippen LogP contribution is -2.30. The van der Waals surface area contributed by atoms with Crippen LogP contribution in [0.1, 0.15) is 0 Å². The molecule has 2 heterocycles. The van der Waals surface area contributed by atoms with Gasteiger partial charge in [0, 0.05) is 18.3 Å². The molecule has 0 N–H and O–H groups in total. The summed E-state index contributed by atoms with van der Waals surface area (Å²) in [4.78, 5) is 8.24. The minimum Gasteiger partial charge on any atom is -0.244 e. The van der Waals surface area contributed by atoms with Gasteiger partial charge in [0.15, 0.2) is 11.9 Å². The van der Waals surface area contributed by atoms with Crippen molar-refractivity contribution in [2.24, 2.45) is 7.05 Å². The summed E-state index contributed by atoms with van der Waals surface area (Å²) < 4.78 is 3.11. The van der Waals surface area contributed by atoms with Gasteiger partial charge in [-0.15, -0.1) is 0 Å². The maximum Gasteiger partial charge on any atom is 0.232 e. The predicted molar refractivity (Wildman–Crippen MR) is 61.4 cm³/mol. The van der Waals surface area contributed by atoms with Gasteiger partial charge in [-0.25, -0.2) is 9.97 Å². The smallest absolute Gasteiger partial charge is 0.232 e. The molecule has 3 nitrogen and oxygen atoms in total. The van der Waals surface area contributed by atoms with Crippen LogP contribution in [0, 0.1) is 3.57 Å². The number of pyridine rings is 1. The Kier molecular flexibility index (Phi) is 2.72. The van der Waals surface area contributed by atoms with E-state index in [0.717, 1.165) is 15.0 Å². The zero-order valence-electron chi connectivity index (χ0n) is 7.68. The first kappa shape index (κ1) is 9.51.